The Morgan fingerprint density at radius 3 is 3.20 bits per heavy atom. The predicted octanol–water partition coefficient (Wildman–Crippen LogP) is 0.588. The molecule has 2 amide bonds. The number of nitrogens with zero attached hydrogens (tertiary/aromatic N) is 1. The summed E-state index contributed by atoms with van der Waals surface area (Å²) in [5, 5.41) is 2.62. The van der Waals surface area contributed by atoms with E-state index < -0.39 is 0 Å². The zero-order chi connectivity index (χ0) is 10.7. The zero-order valence-electron chi connectivity index (χ0n) is 8.18. The number of likely N-dealkylation sites (tertiary alicyclic amines) is 1. The summed E-state index contributed by atoms with van der Waals surface area (Å²) in [5.41, 5.74) is 0. The maximum absolute atomic E-state index is 11.9. The van der Waals surface area contributed by atoms with Crippen LogP contribution in [0.4, 0.5) is 0 Å². The molecule has 1 aromatic rings. The average Bonchev–Trinajstić information content (AvgIpc) is 2.87. The van der Waals surface area contributed by atoms with Crippen molar-refractivity contribution in [3.05, 3.63) is 24.2 Å². The zero-order valence-corrected chi connectivity index (χ0v) is 8.18. The van der Waals surface area contributed by atoms with Gasteiger partial charge in [-0.2, -0.15) is 0 Å². The predicted molar refractivity (Wildman–Crippen MR) is 52.0 cm³/mol. The van der Waals surface area contributed by atoms with Gasteiger partial charge < -0.3 is 14.6 Å². The molecule has 0 saturated carbocycles. The maximum Gasteiger partial charge on any atom is 0.291 e. The molecule has 0 bridgehead atoms. The third-order valence-electron chi connectivity index (χ3n) is 2.51. The summed E-state index contributed by atoms with van der Waals surface area (Å²) in [6.07, 6.45) is 3.59. The van der Waals surface area contributed by atoms with Crippen LogP contribution in [0.1, 0.15) is 23.4 Å². The van der Waals surface area contributed by atoms with Gasteiger partial charge in [0.05, 0.1) is 6.26 Å². The van der Waals surface area contributed by atoms with Crippen LogP contribution in [0.15, 0.2) is 22.8 Å². The first-order chi connectivity index (χ1) is 7.33. The van der Waals surface area contributed by atoms with E-state index in [-0.39, 0.29) is 12.1 Å². The van der Waals surface area contributed by atoms with Gasteiger partial charge in [0.25, 0.3) is 5.91 Å². The van der Waals surface area contributed by atoms with E-state index >= 15 is 0 Å². The molecule has 5 nitrogen and oxygen atoms in total. The van der Waals surface area contributed by atoms with E-state index in [1.54, 1.807) is 17.0 Å². The highest BCUT2D eigenvalue weighted by Gasteiger charge is 2.30. The summed E-state index contributed by atoms with van der Waals surface area (Å²) in [6.45, 7) is 0.658. The van der Waals surface area contributed by atoms with Gasteiger partial charge >= 0.3 is 0 Å². The lowest BCUT2D eigenvalue weighted by atomic mass is 10.3. The van der Waals surface area contributed by atoms with Gasteiger partial charge in [-0.05, 0) is 25.0 Å². The Labute approximate surface area is 87.0 Å². The molecular weight excluding hydrogens is 196 g/mol. The summed E-state index contributed by atoms with van der Waals surface area (Å²) in [6, 6.07) is 3.30. The monoisotopic (exact) mass is 208 g/mol. The molecule has 2 heterocycles. The van der Waals surface area contributed by atoms with Crippen molar-refractivity contribution < 1.29 is 14.0 Å². The second kappa shape index (κ2) is 4.16. The molecule has 5 heteroatoms. The Morgan fingerprint density at radius 1 is 1.67 bits per heavy atom. The first kappa shape index (κ1) is 9.76. The van der Waals surface area contributed by atoms with Crippen LogP contribution in [0, 0.1) is 0 Å². The molecule has 2 rings (SSSR count). The van der Waals surface area contributed by atoms with Gasteiger partial charge in [-0.3, -0.25) is 9.59 Å². The van der Waals surface area contributed by atoms with Crippen LogP contribution in [0.3, 0.4) is 0 Å². The van der Waals surface area contributed by atoms with Gasteiger partial charge in [0.1, 0.15) is 6.17 Å². The minimum absolute atomic E-state index is 0.170. The lowest BCUT2D eigenvalue weighted by Crippen LogP contribution is -2.43. The number of hydrogen-bond acceptors (Lipinski definition) is 3. The molecule has 1 saturated heterocycles. The molecule has 1 aliphatic heterocycles. The molecule has 1 fully saturated rings. The van der Waals surface area contributed by atoms with Gasteiger partial charge in [0.2, 0.25) is 6.41 Å². The van der Waals surface area contributed by atoms with Crippen LogP contribution in [-0.4, -0.2) is 29.9 Å². The normalized spacial score (nSPS) is 20.3. The van der Waals surface area contributed by atoms with Crippen molar-refractivity contribution in [1.29, 1.82) is 0 Å². The molecule has 0 aliphatic carbocycles. The molecule has 15 heavy (non-hydrogen) atoms. The second-order valence-corrected chi connectivity index (χ2v) is 3.42. The highest BCUT2D eigenvalue weighted by atomic mass is 16.3. The van der Waals surface area contributed by atoms with Crippen LogP contribution in [-0.2, 0) is 4.79 Å². The first-order valence-corrected chi connectivity index (χ1v) is 4.87. The van der Waals surface area contributed by atoms with Crippen molar-refractivity contribution in [3.63, 3.8) is 0 Å². The fourth-order valence-electron chi connectivity index (χ4n) is 1.80. The van der Waals surface area contributed by atoms with E-state index in [0.29, 0.717) is 18.7 Å². The van der Waals surface area contributed by atoms with Crippen LogP contribution in [0.2, 0.25) is 0 Å². The Morgan fingerprint density at radius 2 is 2.53 bits per heavy atom. The van der Waals surface area contributed by atoms with Gasteiger partial charge in [0.15, 0.2) is 5.76 Å². The molecule has 1 atom stereocenters. The summed E-state index contributed by atoms with van der Waals surface area (Å²) in [7, 11) is 0. The number of carbonyl (C=O) groups excluding carboxylic acids is 2. The van der Waals surface area contributed by atoms with Crippen molar-refractivity contribution in [2.45, 2.75) is 19.0 Å². The smallest absolute Gasteiger partial charge is 0.291 e. The lowest BCUT2D eigenvalue weighted by Gasteiger charge is -2.22. The number of rotatable bonds is 3. The summed E-state index contributed by atoms with van der Waals surface area (Å²) >= 11 is 0. The van der Waals surface area contributed by atoms with E-state index in [9.17, 15) is 9.59 Å². The van der Waals surface area contributed by atoms with Crippen LogP contribution in [0.25, 0.3) is 0 Å². The van der Waals surface area contributed by atoms with E-state index in [4.69, 9.17) is 4.42 Å². The number of nitrogens with one attached hydrogen (secondary N) is 1. The average molecular weight is 208 g/mol. The fourth-order valence-corrected chi connectivity index (χ4v) is 1.80. The lowest BCUT2D eigenvalue weighted by molar-refractivity contribution is -0.110. The number of carbonyl (C=O) groups is 2. The number of furan rings is 1. The first-order valence-electron chi connectivity index (χ1n) is 4.87. The molecule has 0 aromatic carbocycles. The summed E-state index contributed by atoms with van der Waals surface area (Å²) in [4.78, 5) is 23.8. The van der Waals surface area contributed by atoms with Gasteiger partial charge in [0, 0.05) is 6.54 Å². The Bertz CT molecular complexity index is 348. The molecule has 1 aromatic heterocycles. The highest BCUT2D eigenvalue weighted by Crippen LogP contribution is 2.17. The Hall–Kier alpha value is -1.78. The number of hydrogen-bond donors (Lipinski definition) is 1. The Balaban J connectivity index is 2.09. The minimum atomic E-state index is -0.194. The fraction of sp³-hybridized carbons (Fsp3) is 0.400. The third kappa shape index (κ3) is 1.86. The molecule has 1 aliphatic rings. The Kier molecular flexibility index (Phi) is 2.71. The van der Waals surface area contributed by atoms with Crippen molar-refractivity contribution in [2.24, 2.45) is 0 Å². The topological polar surface area (TPSA) is 62.6 Å². The van der Waals surface area contributed by atoms with Crippen LogP contribution in [0.5, 0.6) is 0 Å². The van der Waals surface area contributed by atoms with E-state index in [2.05, 4.69) is 5.32 Å². The molecule has 1 N–H and O–H groups in total. The van der Waals surface area contributed by atoms with E-state index in [1.807, 2.05) is 0 Å². The molecule has 0 radical (unpaired) electrons. The quantitative estimate of drug-likeness (QED) is 0.739. The maximum atomic E-state index is 11.9. The molecule has 80 valence electrons. The standard InChI is InChI=1S/C10H12N2O3/c13-7-11-9-4-1-5-12(9)10(14)8-3-2-6-15-8/h2-3,6-7,9H,1,4-5H2,(H,11,13). The van der Waals surface area contributed by atoms with Crippen LogP contribution < -0.4 is 5.32 Å². The summed E-state index contributed by atoms with van der Waals surface area (Å²) in [5.74, 6) is 0.145. The minimum Gasteiger partial charge on any atom is -0.459 e. The van der Waals surface area contributed by atoms with E-state index in [1.165, 1.54) is 6.26 Å². The van der Waals surface area contributed by atoms with Crippen molar-refractivity contribution in [3.8, 4) is 0 Å². The van der Waals surface area contributed by atoms with Gasteiger partial charge in [-0.1, -0.05) is 0 Å². The number of amides is 2. The van der Waals surface area contributed by atoms with Gasteiger partial charge in [-0.15, -0.1) is 0 Å². The molecule has 1 unspecified atom stereocenters. The third-order valence-corrected chi connectivity index (χ3v) is 2.51. The second-order valence-electron chi connectivity index (χ2n) is 3.42. The molecule has 0 spiro atoms. The van der Waals surface area contributed by atoms with Crippen LogP contribution >= 0.6 is 0 Å². The highest BCUT2D eigenvalue weighted by molar-refractivity contribution is 5.91. The molecular formula is C10H12N2O3. The van der Waals surface area contributed by atoms with Crippen molar-refractivity contribution in [2.75, 3.05) is 6.54 Å². The van der Waals surface area contributed by atoms with Gasteiger partial charge in [-0.25, -0.2) is 0 Å². The SMILES string of the molecule is O=CNC1CCCN1C(=O)c1ccco1. The largest absolute Gasteiger partial charge is 0.459 e. The van der Waals surface area contributed by atoms with E-state index in [0.717, 1.165) is 12.8 Å². The summed E-state index contributed by atoms with van der Waals surface area (Å²) < 4.78 is 5.03. The van der Waals surface area contributed by atoms with Crippen molar-refractivity contribution in [1.82, 2.24) is 10.2 Å². The van der Waals surface area contributed by atoms with Crippen molar-refractivity contribution >= 4 is 12.3 Å².